The van der Waals surface area contributed by atoms with E-state index in [-0.39, 0.29) is 12.2 Å². The Labute approximate surface area is 83.8 Å². The van der Waals surface area contributed by atoms with E-state index in [9.17, 15) is 0 Å². The highest BCUT2D eigenvalue weighted by Crippen LogP contribution is 2.22. The van der Waals surface area contributed by atoms with Crippen LogP contribution >= 0.6 is 0 Å². The summed E-state index contributed by atoms with van der Waals surface area (Å²) < 4.78 is 5.26. The van der Waals surface area contributed by atoms with Gasteiger partial charge in [0.2, 0.25) is 0 Å². The number of hydrogen-bond donors (Lipinski definition) is 1. The summed E-state index contributed by atoms with van der Waals surface area (Å²) in [7, 11) is 1.67. The van der Waals surface area contributed by atoms with Crippen LogP contribution in [0.15, 0.2) is 21.8 Å². The second-order valence-corrected chi connectivity index (χ2v) is 3.77. The minimum absolute atomic E-state index is 0.0300. The second-order valence-electron chi connectivity index (χ2n) is 3.77. The maximum atomic E-state index is 5.26. The minimum atomic E-state index is 0.0300. The van der Waals surface area contributed by atoms with Gasteiger partial charge in [-0.25, -0.2) is 0 Å². The van der Waals surface area contributed by atoms with Crippen LogP contribution in [0, 0.1) is 5.92 Å². The predicted octanol–water partition coefficient (Wildman–Crippen LogP) is 0.953. The fourth-order valence-corrected chi connectivity index (χ4v) is 1.64. The summed E-state index contributed by atoms with van der Waals surface area (Å²) >= 11 is 0. The largest absolute Gasteiger partial charge is 0.499 e. The van der Waals surface area contributed by atoms with Crippen LogP contribution in [0.2, 0.25) is 0 Å². The Morgan fingerprint density at radius 1 is 1.50 bits per heavy atom. The van der Waals surface area contributed by atoms with Gasteiger partial charge in [0.25, 0.3) is 0 Å². The quantitative estimate of drug-likeness (QED) is 0.709. The molecule has 0 fully saturated rings. The van der Waals surface area contributed by atoms with Crippen molar-refractivity contribution < 1.29 is 4.74 Å². The zero-order valence-corrected chi connectivity index (χ0v) is 8.69. The molecule has 0 aromatic carbocycles. The lowest BCUT2D eigenvalue weighted by atomic mass is 10.1. The molecule has 2 heterocycles. The molecule has 0 bridgehead atoms. The third-order valence-corrected chi connectivity index (χ3v) is 2.43. The average molecular weight is 193 g/mol. The molecule has 14 heavy (non-hydrogen) atoms. The maximum Gasteiger partial charge on any atom is 0.149 e. The normalized spacial score (nSPS) is 29.4. The van der Waals surface area contributed by atoms with Crippen LogP contribution in [-0.2, 0) is 4.74 Å². The summed E-state index contributed by atoms with van der Waals surface area (Å²) in [5.41, 5.74) is 0. The molecule has 0 aromatic rings. The lowest BCUT2D eigenvalue weighted by Gasteiger charge is -2.19. The van der Waals surface area contributed by atoms with Crippen LogP contribution in [0.4, 0.5) is 0 Å². The Bertz CT molecular complexity index is 317. The zero-order chi connectivity index (χ0) is 10.1. The van der Waals surface area contributed by atoms with E-state index in [0.29, 0.717) is 5.92 Å². The number of amidine groups is 1. The van der Waals surface area contributed by atoms with Crippen LogP contribution in [-0.4, -0.2) is 31.4 Å². The first kappa shape index (κ1) is 9.24. The van der Waals surface area contributed by atoms with E-state index < -0.39 is 0 Å². The van der Waals surface area contributed by atoms with Gasteiger partial charge in [0.15, 0.2) is 0 Å². The van der Waals surface area contributed by atoms with Crippen LogP contribution in [0.3, 0.4) is 0 Å². The topological polar surface area (TPSA) is 46.0 Å². The van der Waals surface area contributed by atoms with E-state index in [2.05, 4.69) is 29.1 Å². The van der Waals surface area contributed by atoms with Gasteiger partial charge in [-0.15, -0.1) is 0 Å². The molecule has 76 valence electrons. The zero-order valence-electron chi connectivity index (χ0n) is 8.69. The number of methoxy groups -OCH3 is 1. The van der Waals surface area contributed by atoms with Gasteiger partial charge in [-0.1, -0.05) is 13.8 Å². The molecule has 0 aliphatic carbocycles. The Balaban J connectivity index is 2.22. The third-order valence-electron chi connectivity index (χ3n) is 2.43. The van der Waals surface area contributed by atoms with Crippen LogP contribution < -0.4 is 5.32 Å². The molecule has 0 saturated heterocycles. The fourth-order valence-electron chi connectivity index (χ4n) is 1.64. The van der Waals surface area contributed by atoms with Crippen molar-refractivity contribution in [1.82, 2.24) is 5.32 Å². The Morgan fingerprint density at radius 2 is 2.29 bits per heavy atom. The number of rotatable bonds is 2. The molecular formula is C10H15N3O. The molecule has 0 saturated carbocycles. The van der Waals surface area contributed by atoms with E-state index >= 15 is 0 Å². The van der Waals surface area contributed by atoms with Crippen LogP contribution in [0.1, 0.15) is 13.8 Å². The highest BCUT2D eigenvalue weighted by Gasteiger charge is 2.33. The van der Waals surface area contributed by atoms with Gasteiger partial charge in [-0.05, 0) is 6.08 Å². The van der Waals surface area contributed by atoms with Gasteiger partial charge >= 0.3 is 0 Å². The Kier molecular flexibility index (Phi) is 2.27. The number of aliphatic imine (C=N–C) groups is 2. The van der Waals surface area contributed by atoms with Crippen molar-refractivity contribution in [2.45, 2.75) is 26.1 Å². The number of nitrogens with zero attached hydrogens (tertiary/aromatic N) is 2. The van der Waals surface area contributed by atoms with Gasteiger partial charge in [-0.3, -0.25) is 9.98 Å². The van der Waals surface area contributed by atoms with Crippen molar-refractivity contribution in [3.8, 4) is 0 Å². The molecule has 1 N–H and O–H groups in total. The summed E-state index contributed by atoms with van der Waals surface area (Å²) in [4.78, 5) is 8.88. The van der Waals surface area contributed by atoms with Crippen molar-refractivity contribution in [3.63, 3.8) is 0 Å². The van der Waals surface area contributed by atoms with Crippen molar-refractivity contribution in [2.75, 3.05) is 7.11 Å². The molecule has 0 aromatic heterocycles. The molecule has 0 spiro atoms. The summed E-state index contributed by atoms with van der Waals surface area (Å²) in [5, 5.41) is 3.29. The molecule has 0 radical (unpaired) electrons. The van der Waals surface area contributed by atoms with Gasteiger partial charge in [-0.2, -0.15) is 0 Å². The number of hydrogen-bond acceptors (Lipinski definition) is 4. The highest BCUT2D eigenvalue weighted by molar-refractivity contribution is 5.87. The number of fused-ring (bicyclic) bond motifs is 1. The first-order valence-electron chi connectivity index (χ1n) is 4.84. The predicted molar refractivity (Wildman–Crippen MR) is 56.6 cm³/mol. The fraction of sp³-hybridized carbons (Fsp3) is 0.600. The first-order valence-corrected chi connectivity index (χ1v) is 4.84. The summed E-state index contributed by atoms with van der Waals surface area (Å²) in [6, 6.07) is 0.0300. The van der Waals surface area contributed by atoms with Gasteiger partial charge in [0, 0.05) is 12.1 Å². The first-order chi connectivity index (χ1) is 6.72. The monoisotopic (exact) mass is 193 g/mol. The molecule has 2 aliphatic rings. The van der Waals surface area contributed by atoms with Gasteiger partial charge < -0.3 is 10.1 Å². The smallest absolute Gasteiger partial charge is 0.149 e. The minimum Gasteiger partial charge on any atom is -0.499 e. The van der Waals surface area contributed by atoms with E-state index in [1.165, 1.54) is 0 Å². The van der Waals surface area contributed by atoms with E-state index in [1.54, 1.807) is 13.3 Å². The molecule has 2 rings (SSSR count). The molecule has 2 aliphatic heterocycles. The van der Waals surface area contributed by atoms with Crippen molar-refractivity contribution in [2.24, 2.45) is 15.9 Å². The molecule has 0 amide bonds. The lowest BCUT2D eigenvalue weighted by Crippen LogP contribution is -2.37. The second kappa shape index (κ2) is 3.44. The van der Waals surface area contributed by atoms with Gasteiger partial charge in [0.1, 0.15) is 23.8 Å². The number of ether oxygens (including phenoxy) is 1. The molecular weight excluding hydrogens is 178 g/mol. The number of allylic oxidation sites excluding steroid dienone is 1. The van der Waals surface area contributed by atoms with Crippen LogP contribution in [0.25, 0.3) is 0 Å². The summed E-state index contributed by atoms with van der Waals surface area (Å²) in [6.07, 6.45) is 3.67. The Morgan fingerprint density at radius 3 is 2.93 bits per heavy atom. The number of nitrogens with one attached hydrogen (secondary N) is 1. The van der Waals surface area contributed by atoms with E-state index in [1.807, 2.05) is 6.08 Å². The van der Waals surface area contributed by atoms with Gasteiger partial charge in [0.05, 0.1) is 7.11 Å². The summed E-state index contributed by atoms with van der Waals surface area (Å²) in [5.74, 6) is 2.31. The molecule has 4 heteroatoms. The number of dihydropyridines is 1. The summed E-state index contributed by atoms with van der Waals surface area (Å²) in [6.45, 7) is 4.23. The molecule has 4 nitrogen and oxygen atoms in total. The maximum absolute atomic E-state index is 5.26. The average Bonchev–Trinajstić information content (AvgIpc) is 2.60. The van der Waals surface area contributed by atoms with Crippen molar-refractivity contribution >= 4 is 12.1 Å². The molecule has 2 atom stereocenters. The van der Waals surface area contributed by atoms with E-state index in [4.69, 9.17) is 4.74 Å². The Hall–Kier alpha value is -1.32. The molecule has 2 unspecified atom stereocenters. The van der Waals surface area contributed by atoms with E-state index in [0.717, 1.165) is 11.6 Å². The van der Waals surface area contributed by atoms with Crippen LogP contribution in [0.5, 0.6) is 0 Å². The third kappa shape index (κ3) is 1.41. The SMILES string of the molecule is COC1=CC=NC2NC(C(C)C)=NC12. The highest BCUT2D eigenvalue weighted by atomic mass is 16.5. The lowest BCUT2D eigenvalue weighted by molar-refractivity contribution is 0.256. The van der Waals surface area contributed by atoms with Crippen molar-refractivity contribution in [1.29, 1.82) is 0 Å². The van der Waals surface area contributed by atoms with Crippen molar-refractivity contribution in [3.05, 3.63) is 11.8 Å². The standard InChI is InChI=1S/C10H15N3O/c1-6(2)9-12-8-7(14-3)4-5-11-10(8)13-9/h4-6,8,10H,1-3H3,(H,12,13).